The van der Waals surface area contributed by atoms with Gasteiger partial charge in [0.2, 0.25) is 0 Å². The molecular formula is C10H19N. The first kappa shape index (κ1) is 10.4. The molecule has 0 rings (SSSR count). The second-order valence-corrected chi connectivity index (χ2v) is 3.83. The summed E-state index contributed by atoms with van der Waals surface area (Å²) >= 11 is 0. The molecule has 1 heteroatoms. The van der Waals surface area contributed by atoms with Crippen molar-refractivity contribution in [3.05, 3.63) is 12.2 Å². The van der Waals surface area contributed by atoms with Crippen LogP contribution in [0.3, 0.4) is 0 Å². The van der Waals surface area contributed by atoms with Crippen LogP contribution in [0.15, 0.2) is 17.1 Å². The molecule has 64 valence electrons. The Morgan fingerprint density at radius 1 is 1.27 bits per heavy atom. The Morgan fingerprint density at radius 2 is 1.82 bits per heavy atom. The highest BCUT2D eigenvalue weighted by molar-refractivity contribution is 5.63. The van der Waals surface area contributed by atoms with Crippen LogP contribution in [0.25, 0.3) is 0 Å². The molecule has 0 N–H and O–H groups in total. The molecule has 0 radical (unpaired) electrons. The Morgan fingerprint density at radius 3 is 2.18 bits per heavy atom. The first-order valence-electron chi connectivity index (χ1n) is 4.14. The lowest BCUT2D eigenvalue weighted by atomic mass is 10.1. The minimum atomic E-state index is 0.0653. The predicted octanol–water partition coefficient (Wildman–Crippen LogP) is 3.07. The molecule has 0 aromatic heterocycles. The van der Waals surface area contributed by atoms with Gasteiger partial charge in [0.15, 0.2) is 0 Å². The lowest BCUT2D eigenvalue weighted by Gasteiger charge is -2.11. The van der Waals surface area contributed by atoms with Gasteiger partial charge in [-0.15, -0.1) is 0 Å². The van der Waals surface area contributed by atoms with E-state index in [0.717, 1.165) is 0 Å². The number of hydrogen-bond acceptors (Lipinski definition) is 1. The Balaban J connectivity index is 3.93. The van der Waals surface area contributed by atoms with E-state index < -0.39 is 0 Å². The van der Waals surface area contributed by atoms with Gasteiger partial charge in [-0.2, -0.15) is 0 Å². The molecule has 0 aliphatic carbocycles. The first-order valence-corrected chi connectivity index (χ1v) is 4.14. The Labute approximate surface area is 70.2 Å². The molecule has 0 aromatic carbocycles. The SMILES string of the molecule is C/C=C/C(C)C=NC(C)(C)C. The minimum Gasteiger partial charge on any atom is -0.291 e. The van der Waals surface area contributed by atoms with Gasteiger partial charge in [0.25, 0.3) is 0 Å². The summed E-state index contributed by atoms with van der Waals surface area (Å²) in [7, 11) is 0. The van der Waals surface area contributed by atoms with Crippen molar-refractivity contribution in [1.29, 1.82) is 0 Å². The molecule has 0 bridgehead atoms. The average Bonchev–Trinajstić information content (AvgIpc) is 1.83. The Bertz CT molecular complexity index is 149. The molecule has 0 spiro atoms. The Hall–Kier alpha value is -0.590. The molecule has 1 atom stereocenters. The van der Waals surface area contributed by atoms with Crippen LogP contribution in [0.4, 0.5) is 0 Å². The molecule has 0 heterocycles. The minimum absolute atomic E-state index is 0.0653. The van der Waals surface area contributed by atoms with Crippen LogP contribution in [-0.2, 0) is 0 Å². The third-order valence-corrected chi connectivity index (χ3v) is 1.19. The molecule has 11 heavy (non-hydrogen) atoms. The summed E-state index contributed by atoms with van der Waals surface area (Å²) in [6.45, 7) is 10.5. The van der Waals surface area contributed by atoms with E-state index in [1.807, 2.05) is 13.1 Å². The summed E-state index contributed by atoms with van der Waals surface area (Å²) in [6, 6.07) is 0. The van der Waals surface area contributed by atoms with Gasteiger partial charge in [0.1, 0.15) is 0 Å². The lowest BCUT2D eigenvalue weighted by Crippen LogP contribution is -2.10. The van der Waals surface area contributed by atoms with Crippen LogP contribution in [0.2, 0.25) is 0 Å². The summed E-state index contributed by atoms with van der Waals surface area (Å²) in [6.07, 6.45) is 6.19. The van der Waals surface area contributed by atoms with Crippen molar-refractivity contribution in [2.24, 2.45) is 10.9 Å². The van der Waals surface area contributed by atoms with E-state index in [9.17, 15) is 0 Å². The molecule has 0 fully saturated rings. The zero-order valence-electron chi connectivity index (χ0n) is 8.26. The zero-order chi connectivity index (χ0) is 8.91. The molecule has 0 aromatic rings. The standard InChI is InChI=1S/C10H19N/c1-6-7-9(2)8-11-10(3,4)5/h6-9H,1-5H3/b7-6+,11-8?. The summed E-state index contributed by atoms with van der Waals surface area (Å²) in [5.74, 6) is 0.458. The molecule has 0 saturated carbocycles. The molecule has 0 amide bonds. The summed E-state index contributed by atoms with van der Waals surface area (Å²) in [5, 5.41) is 0. The van der Waals surface area contributed by atoms with Crippen molar-refractivity contribution in [2.75, 3.05) is 0 Å². The van der Waals surface area contributed by atoms with E-state index in [1.54, 1.807) is 0 Å². The maximum absolute atomic E-state index is 4.40. The van der Waals surface area contributed by atoms with Gasteiger partial charge in [0, 0.05) is 12.1 Å². The van der Waals surface area contributed by atoms with Crippen LogP contribution < -0.4 is 0 Å². The van der Waals surface area contributed by atoms with E-state index >= 15 is 0 Å². The largest absolute Gasteiger partial charge is 0.291 e. The molecular weight excluding hydrogens is 134 g/mol. The number of rotatable bonds is 2. The summed E-state index contributed by atoms with van der Waals surface area (Å²) < 4.78 is 0. The molecule has 0 aliphatic rings. The number of hydrogen-bond donors (Lipinski definition) is 0. The highest BCUT2D eigenvalue weighted by Crippen LogP contribution is 2.06. The Kier molecular flexibility index (Phi) is 4.09. The quantitative estimate of drug-likeness (QED) is 0.427. The second-order valence-electron chi connectivity index (χ2n) is 3.83. The van der Waals surface area contributed by atoms with E-state index in [-0.39, 0.29) is 5.54 Å². The maximum Gasteiger partial charge on any atom is 0.0520 e. The van der Waals surface area contributed by atoms with Crippen molar-refractivity contribution < 1.29 is 0 Å². The predicted molar refractivity (Wildman–Crippen MR) is 52.2 cm³/mol. The second kappa shape index (κ2) is 4.32. The van der Waals surface area contributed by atoms with Crippen LogP contribution in [-0.4, -0.2) is 11.8 Å². The van der Waals surface area contributed by atoms with Crippen LogP contribution in [0.5, 0.6) is 0 Å². The number of nitrogens with zero attached hydrogens (tertiary/aromatic N) is 1. The van der Waals surface area contributed by atoms with E-state index in [2.05, 4.69) is 44.8 Å². The van der Waals surface area contributed by atoms with Crippen LogP contribution >= 0.6 is 0 Å². The third kappa shape index (κ3) is 7.31. The van der Waals surface area contributed by atoms with Crippen LogP contribution in [0.1, 0.15) is 34.6 Å². The van der Waals surface area contributed by atoms with E-state index in [4.69, 9.17) is 0 Å². The monoisotopic (exact) mass is 153 g/mol. The van der Waals surface area contributed by atoms with Gasteiger partial charge in [-0.3, -0.25) is 4.99 Å². The zero-order valence-corrected chi connectivity index (χ0v) is 8.26. The smallest absolute Gasteiger partial charge is 0.0520 e. The average molecular weight is 153 g/mol. The number of allylic oxidation sites excluding steroid dienone is 2. The van der Waals surface area contributed by atoms with Gasteiger partial charge in [-0.05, 0) is 27.7 Å². The van der Waals surface area contributed by atoms with E-state index in [1.165, 1.54) is 0 Å². The lowest BCUT2D eigenvalue weighted by molar-refractivity contribution is 0.583. The van der Waals surface area contributed by atoms with Crippen molar-refractivity contribution >= 4 is 6.21 Å². The van der Waals surface area contributed by atoms with Gasteiger partial charge in [-0.1, -0.05) is 19.1 Å². The summed E-state index contributed by atoms with van der Waals surface area (Å²) in [5.41, 5.74) is 0.0653. The molecule has 1 nitrogen and oxygen atoms in total. The fourth-order valence-corrected chi connectivity index (χ4v) is 0.694. The molecule has 0 saturated heterocycles. The van der Waals surface area contributed by atoms with Gasteiger partial charge < -0.3 is 0 Å². The third-order valence-electron chi connectivity index (χ3n) is 1.19. The topological polar surface area (TPSA) is 12.4 Å². The van der Waals surface area contributed by atoms with Gasteiger partial charge >= 0.3 is 0 Å². The highest BCUT2D eigenvalue weighted by Gasteiger charge is 2.04. The van der Waals surface area contributed by atoms with Crippen molar-refractivity contribution in [1.82, 2.24) is 0 Å². The number of aliphatic imine (C=N–C) groups is 1. The summed E-state index contributed by atoms with van der Waals surface area (Å²) in [4.78, 5) is 4.40. The van der Waals surface area contributed by atoms with Crippen molar-refractivity contribution in [2.45, 2.75) is 40.2 Å². The van der Waals surface area contributed by atoms with E-state index in [0.29, 0.717) is 5.92 Å². The fourth-order valence-electron chi connectivity index (χ4n) is 0.694. The van der Waals surface area contributed by atoms with Gasteiger partial charge in [0.05, 0.1) is 5.54 Å². The maximum atomic E-state index is 4.40. The normalized spacial score (nSPS) is 16.5. The fraction of sp³-hybridized carbons (Fsp3) is 0.700. The van der Waals surface area contributed by atoms with Crippen molar-refractivity contribution in [3.63, 3.8) is 0 Å². The van der Waals surface area contributed by atoms with Crippen molar-refractivity contribution in [3.8, 4) is 0 Å². The highest BCUT2D eigenvalue weighted by atomic mass is 14.8. The first-order chi connectivity index (χ1) is 4.95. The molecule has 1 unspecified atom stereocenters. The molecule has 0 aliphatic heterocycles. The van der Waals surface area contributed by atoms with Gasteiger partial charge in [-0.25, -0.2) is 0 Å². The van der Waals surface area contributed by atoms with Crippen LogP contribution in [0, 0.1) is 5.92 Å².